The number of ketones is 1. The Labute approximate surface area is 75.8 Å². The maximum Gasteiger partial charge on any atom is 0.171 e. The number of aromatic nitrogens is 1. The van der Waals surface area contributed by atoms with Crippen LogP contribution < -0.4 is 0 Å². The predicted molar refractivity (Wildman–Crippen MR) is 45.9 cm³/mol. The van der Waals surface area contributed by atoms with Crippen LogP contribution in [-0.4, -0.2) is 10.8 Å². The highest BCUT2D eigenvalue weighted by Crippen LogP contribution is 2.47. The number of halogens is 1. The lowest BCUT2D eigenvalue weighted by Crippen LogP contribution is -2.13. The standard InChI is InChI=1S/C10H10FNO/c1-10(3-4-10)9(13)7-2-5-12-6-8(7)11/h2,5-6H,3-4H2,1H3. The molecule has 1 aromatic heterocycles. The highest BCUT2D eigenvalue weighted by Gasteiger charge is 2.45. The van der Waals surface area contributed by atoms with Crippen molar-refractivity contribution in [1.82, 2.24) is 4.98 Å². The molecule has 0 aliphatic heterocycles. The number of Topliss-reactive ketones (excluding diaryl/α,β-unsaturated/α-hetero) is 1. The van der Waals surface area contributed by atoms with Gasteiger partial charge in [0.15, 0.2) is 11.6 Å². The van der Waals surface area contributed by atoms with Crippen LogP contribution in [0, 0.1) is 11.2 Å². The van der Waals surface area contributed by atoms with E-state index < -0.39 is 5.82 Å². The van der Waals surface area contributed by atoms with E-state index in [4.69, 9.17) is 0 Å². The van der Waals surface area contributed by atoms with Gasteiger partial charge in [-0.05, 0) is 18.9 Å². The van der Waals surface area contributed by atoms with Crippen molar-refractivity contribution < 1.29 is 9.18 Å². The normalized spacial score (nSPS) is 18.3. The third-order valence-electron chi connectivity index (χ3n) is 2.57. The lowest BCUT2D eigenvalue weighted by molar-refractivity contribution is 0.0908. The van der Waals surface area contributed by atoms with Gasteiger partial charge < -0.3 is 0 Å². The minimum atomic E-state index is -0.513. The first kappa shape index (κ1) is 8.35. The van der Waals surface area contributed by atoms with Crippen molar-refractivity contribution in [3.8, 4) is 0 Å². The fourth-order valence-corrected chi connectivity index (χ4v) is 1.30. The third kappa shape index (κ3) is 1.34. The van der Waals surface area contributed by atoms with Gasteiger partial charge in [0.2, 0.25) is 0 Å². The molecule has 0 aromatic carbocycles. The van der Waals surface area contributed by atoms with Crippen LogP contribution >= 0.6 is 0 Å². The van der Waals surface area contributed by atoms with Crippen molar-refractivity contribution in [1.29, 1.82) is 0 Å². The molecule has 68 valence electrons. The maximum atomic E-state index is 13.1. The van der Waals surface area contributed by atoms with Gasteiger partial charge in [0.05, 0.1) is 11.8 Å². The first-order valence-electron chi connectivity index (χ1n) is 4.28. The zero-order valence-corrected chi connectivity index (χ0v) is 7.38. The third-order valence-corrected chi connectivity index (χ3v) is 2.57. The van der Waals surface area contributed by atoms with E-state index >= 15 is 0 Å². The van der Waals surface area contributed by atoms with Crippen LogP contribution in [0.25, 0.3) is 0 Å². The predicted octanol–water partition coefficient (Wildman–Crippen LogP) is 2.20. The Bertz CT molecular complexity index is 358. The number of pyridine rings is 1. The largest absolute Gasteiger partial charge is 0.293 e. The molecule has 0 atom stereocenters. The molecule has 1 aliphatic carbocycles. The van der Waals surface area contributed by atoms with Crippen LogP contribution in [0.1, 0.15) is 30.1 Å². The molecule has 0 amide bonds. The number of rotatable bonds is 2. The summed E-state index contributed by atoms with van der Waals surface area (Å²) in [4.78, 5) is 15.3. The van der Waals surface area contributed by atoms with Gasteiger partial charge in [0.1, 0.15) is 0 Å². The summed E-state index contributed by atoms with van der Waals surface area (Å²) in [5.41, 5.74) is -0.127. The van der Waals surface area contributed by atoms with Crippen LogP contribution in [0.3, 0.4) is 0 Å². The van der Waals surface area contributed by atoms with E-state index in [0.717, 1.165) is 19.0 Å². The van der Waals surface area contributed by atoms with E-state index in [-0.39, 0.29) is 16.8 Å². The Morgan fingerprint density at radius 3 is 2.85 bits per heavy atom. The van der Waals surface area contributed by atoms with Crippen LogP contribution in [-0.2, 0) is 0 Å². The molecule has 1 saturated carbocycles. The van der Waals surface area contributed by atoms with Crippen molar-refractivity contribution in [3.63, 3.8) is 0 Å². The Morgan fingerprint density at radius 2 is 2.31 bits per heavy atom. The van der Waals surface area contributed by atoms with Gasteiger partial charge in [-0.1, -0.05) is 6.92 Å². The minimum absolute atomic E-state index is 0.0904. The van der Waals surface area contributed by atoms with E-state index in [2.05, 4.69) is 4.98 Å². The number of carbonyl (C=O) groups is 1. The first-order valence-corrected chi connectivity index (χ1v) is 4.28. The summed E-state index contributed by atoms with van der Waals surface area (Å²) >= 11 is 0. The second-order valence-corrected chi connectivity index (χ2v) is 3.75. The monoisotopic (exact) mass is 179 g/mol. The summed E-state index contributed by atoms with van der Waals surface area (Å²) in [6.07, 6.45) is 4.27. The van der Waals surface area contributed by atoms with Crippen LogP contribution in [0.15, 0.2) is 18.5 Å². The molecule has 1 aliphatic rings. The molecule has 0 N–H and O–H groups in total. The molecule has 2 nitrogen and oxygen atoms in total. The van der Waals surface area contributed by atoms with E-state index in [1.165, 1.54) is 12.3 Å². The van der Waals surface area contributed by atoms with Gasteiger partial charge in [-0.2, -0.15) is 0 Å². The average Bonchev–Trinajstić information content (AvgIpc) is 2.85. The minimum Gasteiger partial charge on any atom is -0.293 e. The molecule has 1 fully saturated rings. The van der Waals surface area contributed by atoms with Gasteiger partial charge in [0, 0.05) is 11.6 Å². The molecule has 2 rings (SSSR count). The van der Waals surface area contributed by atoms with Crippen molar-refractivity contribution in [2.45, 2.75) is 19.8 Å². The Hall–Kier alpha value is -1.25. The zero-order chi connectivity index (χ0) is 9.47. The average molecular weight is 179 g/mol. The van der Waals surface area contributed by atoms with Crippen molar-refractivity contribution in [2.75, 3.05) is 0 Å². The summed E-state index contributed by atoms with van der Waals surface area (Å²) in [5.74, 6) is -0.604. The van der Waals surface area contributed by atoms with Gasteiger partial charge in [-0.25, -0.2) is 4.39 Å². The topological polar surface area (TPSA) is 30.0 Å². The number of hydrogen-bond donors (Lipinski definition) is 0. The van der Waals surface area contributed by atoms with Gasteiger partial charge in [0.25, 0.3) is 0 Å². The Kier molecular flexibility index (Phi) is 1.68. The number of carbonyl (C=O) groups excluding carboxylic acids is 1. The molecule has 0 spiro atoms. The highest BCUT2D eigenvalue weighted by molar-refractivity contribution is 6.02. The van der Waals surface area contributed by atoms with E-state index in [0.29, 0.717) is 0 Å². The number of hydrogen-bond acceptors (Lipinski definition) is 2. The highest BCUT2D eigenvalue weighted by atomic mass is 19.1. The summed E-state index contributed by atoms with van der Waals surface area (Å²) in [5, 5.41) is 0. The van der Waals surface area contributed by atoms with E-state index in [1.807, 2.05) is 6.92 Å². The molecular formula is C10H10FNO. The molecule has 0 unspecified atom stereocenters. The second-order valence-electron chi connectivity index (χ2n) is 3.75. The Balaban J connectivity index is 2.36. The lowest BCUT2D eigenvalue weighted by Gasteiger charge is -2.06. The molecular weight excluding hydrogens is 169 g/mol. The molecule has 0 saturated heterocycles. The van der Waals surface area contributed by atoms with Crippen LogP contribution in [0.4, 0.5) is 4.39 Å². The van der Waals surface area contributed by atoms with Gasteiger partial charge >= 0.3 is 0 Å². The second kappa shape index (κ2) is 2.62. The van der Waals surface area contributed by atoms with Crippen molar-refractivity contribution in [3.05, 3.63) is 29.8 Å². The molecule has 1 aromatic rings. The molecule has 1 heterocycles. The molecule has 0 radical (unpaired) electrons. The SMILES string of the molecule is CC1(C(=O)c2ccncc2F)CC1. The number of nitrogens with zero attached hydrogens (tertiary/aromatic N) is 1. The fourth-order valence-electron chi connectivity index (χ4n) is 1.30. The van der Waals surface area contributed by atoms with Crippen molar-refractivity contribution in [2.24, 2.45) is 5.41 Å². The lowest BCUT2D eigenvalue weighted by atomic mass is 9.97. The fraction of sp³-hybridized carbons (Fsp3) is 0.400. The van der Waals surface area contributed by atoms with E-state index in [9.17, 15) is 9.18 Å². The Morgan fingerprint density at radius 1 is 1.62 bits per heavy atom. The summed E-state index contributed by atoms with van der Waals surface area (Å²) in [6.45, 7) is 1.87. The smallest absolute Gasteiger partial charge is 0.171 e. The summed E-state index contributed by atoms with van der Waals surface area (Å²) < 4.78 is 13.1. The van der Waals surface area contributed by atoms with Gasteiger partial charge in [-0.3, -0.25) is 9.78 Å². The van der Waals surface area contributed by atoms with Gasteiger partial charge in [-0.15, -0.1) is 0 Å². The molecule has 13 heavy (non-hydrogen) atoms. The first-order chi connectivity index (χ1) is 6.13. The van der Waals surface area contributed by atoms with Crippen LogP contribution in [0.2, 0.25) is 0 Å². The zero-order valence-electron chi connectivity index (χ0n) is 7.38. The maximum absolute atomic E-state index is 13.1. The van der Waals surface area contributed by atoms with Crippen molar-refractivity contribution >= 4 is 5.78 Å². The van der Waals surface area contributed by atoms with Crippen LogP contribution in [0.5, 0.6) is 0 Å². The summed E-state index contributed by atoms with van der Waals surface area (Å²) in [6, 6.07) is 1.45. The quantitative estimate of drug-likeness (QED) is 0.651. The molecule has 0 bridgehead atoms. The molecule has 3 heteroatoms. The van der Waals surface area contributed by atoms with E-state index in [1.54, 1.807) is 0 Å². The summed E-state index contributed by atoms with van der Waals surface area (Å²) in [7, 11) is 0.